The van der Waals surface area contributed by atoms with Gasteiger partial charge in [-0.3, -0.25) is 4.79 Å². The molecule has 6 heteroatoms. The fourth-order valence-corrected chi connectivity index (χ4v) is 2.31. The van der Waals surface area contributed by atoms with Gasteiger partial charge in [0.15, 0.2) is 0 Å². The number of likely N-dealkylation sites (N-methyl/N-ethyl adjacent to an activating group) is 2. The Bertz CT molecular complexity index is 329. The highest BCUT2D eigenvalue weighted by molar-refractivity contribution is 5.81. The number of aliphatic carboxylic acids is 1. The van der Waals surface area contributed by atoms with E-state index in [4.69, 9.17) is 5.11 Å². The van der Waals surface area contributed by atoms with Crippen LogP contribution >= 0.6 is 0 Å². The number of hydrogen-bond acceptors (Lipinski definition) is 3. The predicted octanol–water partition coefficient (Wildman–Crippen LogP) is 0.927. The van der Waals surface area contributed by atoms with Gasteiger partial charge in [0.2, 0.25) is 0 Å². The van der Waals surface area contributed by atoms with Crippen molar-refractivity contribution in [2.75, 3.05) is 33.7 Å². The van der Waals surface area contributed by atoms with Crippen LogP contribution in [0, 0.1) is 0 Å². The fraction of sp³-hybridized carbons (Fsp3) is 0.846. The summed E-state index contributed by atoms with van der Waals surface area (Å²) in [6.07, 6.45) is 1.83. The van der Waals surface area contributed by atoms with Crippen molar-refractivity contribution in [3.05, 3.63) is 0 Å². The van der Waals surface area contributed by atoms with Crippen molar-refractivity contribution in [2.24, 2.45) is 0 Å². The molecule has 0 saturated heterocycles. The summed E-state index contributed by atoms with van der Waals surface area (Å²) in [5.41, 5.74) is 0. The van der Waals surface area contributed by atoms with Gasteiger partial charge in [0, 0.05) is 25.2 Å². The number of nitrogens with zero attached hydrogens (tertiary/aromatic N) is 3. The maximum Gasteiger partial charge on any atom is 0.323 e. The van der Waals surface area contributed by atoms with Crippen LogP contribution in [0.25, 0.3) is 0 Å². The van der Waals surface area contributed by atoms with Crippen molar-refractivity contribution in [3.8, 4) is 0 Å². The summed E-state index contributed by atoms with van der Waals surface area (Å²) in [5, 5.41) is 8.93. The van der Waals surface area contributed by atoms with E-state index in [-0.39, 0.29) is 24.7 Å². The summed E-state index contributed by atoms with van der Waals surface area (Å²) in [5.74, 6) is -0.948. The van der Waals surface area contributed by atoms with Crippen LogP contribution in [0.4, 0.5) is 4.79 Å². The van der Waals surface area contributed by atoms with Crippen molar-refractivity contribution in [1.29, 1.82) is 0 Å². The van der Waals surface area contributed by atoms with E-state index in [0.29, 0.717) is 6.54 Å². The summed E-state index contributed by atoms with van der Waals surface area (Å²) in [4.78, 5) is 28.6. The maximum absolute atomic E-state index is 12.5. The molecule has 110 valence electrons. The summed E-state index contributed by atoms with van der Waals surface area (Å²) in [6, 6.07) is 0.0356. The van der Waals surface area contributed by atoms with Crippen molar-refractivity contribution in [1.82, 2.24) is 14.7 Å². The lowest BCUT2D eigenvalue weighted by Crippen LogP contribution is -2.51. The predicted molar refractivity (Wildman–Crippen MR) is 73.2 cm³/mol. The molecular weight excluding hydrogens is 246 g/mol. The van der Waals surface area contributed by atoms with Crippen molar-refractivity contribution >= 4 is 12.0 Å². The van der Waals surface area contributed by atoms with Gasteiger partial charge >= 0.3 is 12.0 Å². The van der Waals surface area contributed by atoms with Crippen molar-refractivity contribution in [2.45, 2.75) is 38.8 Å². The largest absolute Gasteiger partial charge is 0.480 e. The normalized spacial score (nSPS) is 16.3. The van der Waals surface area contributed by atoms with Crippen LogP contribution < -0.4 is 0 Å². The second kappa shape index (κ2) is 6.75. The number of carboxylic acid groups (broad SMARTS) is 1. The third-order valence-corrected chi connectivity index (χ3v) is 3.29. The second-order valence-corrected chi connectivity index (χ2v) is 5.43. The quantitative estimate of drug-likeness (QED) is 0.748. The van der Waals surface area contributed by atoms with E-state index in [0.717, 1.165) is 19.4 Å². The molecule has 1 saturated carbocycles. The minimum Gasteiger partial charge on any atom is -0.480 e. The molecule has 1 unspecified atom stereocenters. The number of urea groups is 1. The molecule has 1 aliphatic carbocycles. The van der Waals surface area contributed by atoms with Crippen LogP contribution in [0.2, 0.25) is 0 Å². The van der Waals surface area contributed by atoms with Gasteiger partial charge < -0.3 is 19.8 Å². The van der Waals surface area contributed by atoms with Crippen LogP contribution in [-0.2, 0) is 4.79 Å². The van der Waals surface area contributed by atoms with Gasteiger partial charge in [0.05, 0.1) is 0 Å². The van der Waals surface area contributed by atoms with E-state index in [1.165, 1.54) is 4.90 Å². The van der Waals surface area contributed by atoms with Crippen LogP contribution in [0.5, 0.6) is 0 Å². The standard InChI is InChI=1S/C13H25N3O3/c1-5-15(10(2)8-14(3)4)13(19)16(9-12(17)18)11-6-7-11/h10-11H,5-9H2,1-4H3,(H,17,18). The lowest BCUT2D eigenvalue weighted by atomic mass is 10.2. The first-order valence-electron chi connectivity index (χ1n) is 6.80. The third kappa shape index (κ3) is 4.70. The molecule has 0 aliphatic heterocycles. The molecule has 2 amide bonds. The molecule has 1 rings (SSSR count). The Balaban J connectivity index is 2.71. The van der Waals surface area contributed by atoms with E-state index < -0.39 is 5.97 Å². The zero-order chi connectivity index (χ0) is 14.6. The molecule has 19 heavy (non-hydrogen) atoms. The van der Waals surface area contributed by atoms with Gasteiger partial charge in [0.25, 0.3) is 0 Å². The van der Waals surface area contributed by atoms with Crippen LogP contribution in [0.15, 0.2) is 0 Å². The highest BCUT2D eigenvalue weighted by Crippen LogP contribution is 2.28. The van der Waals surface area contributed by atoms with E-state index in [1.807, 2.05) is 32.8 Å². The smallest absolute Gasteiger partial charge is 0.323 e. The third-order valence-electron chi connectivity index (χ3n) is 3.29. The zero-order valence-electron chi connectivity index (χ0n) is 12.3. The first kappa shape index (κ1) is 15.8. The molecule has 1 atom stereocenters. The van der Waals surface area contributed by atoms with E-state index in [1.54, 1.807) is 4.90 Å². The molecule has 0 radical (unpaired) electrons. The van der Waals surface area contributed by atoms with Crippen molar-refractivity contribution in [3.63, 3.8) is 0 Å². The minimum absolute atomic E-state index is 0.0718. The fourth-order valence-electron chi connectivity index (χ4n) is 2.31. The van der Waals surface area contributed by atoms with Crippen LogP contribution in [-0.4, -0.2) is 77.6 Å². The van der Waals surface area contributed by atoms with Gasteiger partial charge in [-0.25, -0.2) is 4.79 Å². The summed E-state index contributed by atoms with van der Waals surface area (Å²) in [7, 11) is 3.93. The van der Waals surface area contributed by atoms with Gasteiger partial charge in [-0.1, -0.05) is 0 Å². The Morgan fingerprint density at radius 1 is 1.32 bits per heavy atom. The number of carboxylic acids is 1. The highest BCUT2D eigenvalue weighted by atomic mass is 16.4. The van der Waals surface area contributed by atoms with Crippen LogP contribution in [0.1, 0.15) is 26.7 Å². The first-order chi connectivity index (χ1) is 8.86. The van der Waals surface area contributed by atoms with Gasteiger partial charge in [-0.2, -0.15) is 0 Å². The second-order valence-electron chi connectivity index (χ2n) is 5.43. The lowest BCUT2D eigenvalue weighted by Gasteiger charge is -2.34. The monoisotopic (exact) mass is 271 g/mol. The Morgan fingerprint density at radius 2 is 1.89 bits per heavy atom. The van der Waals surface area contributed by atoms with E-state index >= 15 is 0 Å². The Morgan fingerprint density at radius 3 is 2.26 bits per heavy atom. The van der Waals surface area contributed by atoms with E-state index in [2.05, 4.69) is 0 Å². The molecule has 0 spiro atoms. The highest BCUT2D eigenvalue weighted by Gasteiger charge is 2.36. The van der Waals surface area contributed by atoms with Crippen LogP contribution in [0.3, 0.4) is 0 Å². The molecule has 0 heterocycles. The average Bonchev–Trinajstić information content (AvgIpc) is 3.09. The number of rotatable bonds is 7. The first-order valence-corrected chi connectivity index (χ1v) is 6.80. The minimum atomic E-state index is -0.948. The van der Waals surface area contributed by atoms with Gasteiger partial charge in [0.1, 0.15) is 6.54 Å². The number of carbonyl (C=O) groups is 2. The molecule has 0 aromatic carbocycles. The Labute approximate surface area is 115 Å². The molecule has 1 aliphatic rings. The Kier molecular flexibility index (Phi) is 5.60. The zero-order valence-corrected chi connectivity index (χ0v) is 12.3. The SMILES string of the molecule is CCN(C(=O)N(CC(=O)O)C1CC1)C(C)CN(C)C. The molecule has 0 bridgehead atoms. The van der Waals surface area contributed by atoms with Gasteiger partial charge in [-0.15, -0.1) is 0 Å². The molecule has 6 nitrogen and oxygen atoms in total. The van der Waals surface area contributed by atoms with Crippen molar-refractivity contribution < 1.29 is 14.7 Å². The average molecular weight is 271 g/mol. The number of hydrogen-bond donors (Lipinski definition) is 1. The molecule has 0 aromatic heterocycles. The maximum atomic E-state index is 12.5. The summed E-state index contributed by atoms with van der Waals surface area (Å²) < 4.78 is 0. The topological polar surface area (TPSA) is 64.1 Å². The molecule has 0 aromatic rings. The molecule has 1 N–H and O–H groups in total. The van der Waals surface area contributed by atoms with Gasteiger partial charge in [-0.05, 0) is 40.8 Å². The lowest BCUT2D eigenvalue weighted by molar-refractivity contribution is -0.137. The molecule has 1 fully saturated rings. The Hall–Kier alpha value is -1.30. The number of amides is 2. The number of carbonyl (C=O) groups excluding carboxylic acids is 1. The van der Waals surface area contributed by atoms with E-state index in [9.17, 15) is 9.59 Å². The summed E-state index contributed by atoms with van der Waals surface area (Å²) in [6.45, 7) is 5.08. The summed E-state index contributed by atoms with van der Waals surface area (Å²) >= 11 is 0. The molecular formula is C13H25N3O3.